The van der Waals surface area contributed by atoms with Crippen molar-refractivity contribution in [3.8, 4) is 11.5 Å². The second-order valence-electron chi connectivity index (χ2n) is 7.73. The van der Waals surface area contributed by atoms with Crippen molar-refractivity contribution in [2.75, 3.05) is 18.6 Å². The Morgan fingerprint density at radius 1 is 1.18 bits per heavy atom. The largest absolute Gasteiger partial charge is 0.493 e. The van der Waals surface area contributed by atoms with Crippen LogP contribution < -0.4 is 19.8 Å². The summed E-state index contributed by atoms with van der Waals surface area (Å²) in [5, 5.41) is 8.25. The molecule has 3 heterocycles. The average molecular weight is 482 g/mol. The van der Waals surface area contributed by atoms with Crippen LogP contribution >= 0.6 is 11.3 Å². The summed E-state index contributed by atoms with van der Waals surface area (Å²) in [5.41, 5.74) is 1.84. The molecule has 1 aliphatic rings. The van der Waals surface area contributed by atoms with Crippen LogP contribution in [0, 0.1) is 5.82 Å². The summed E-state index contributed by atoms with van der Waals surface area (Å²) in [5.74, 6) is -0.187. The van der Waals surface area contributed by atoms with Crippen molar-refractivity contribution >= 4 is 33.3 Å². The molecule has 0 fully saturated rings. The van der Waals surface area contributed by atoms with E-state index in [4.69, 9.17) is 13.9 Å². The van der Waals surface area contributed by atoms with Gasteiger partial charge in [0, 0.05) is 0 Å². The Kier molecular flexibility index (Phi) is 5.74. The molecule has 2 aromatic heterocycles. The van der Waals surface area contributed by atoms with Gasteiger partial charge >= 0.3 is 0 Å². The number of carbonyl (C=O) groups is 1. The van der Waals surface area contributed by atoms with E-state index in [1.807, 2.05) is 0 Å². The Bertz CT molecular complexity index is 1440. The Balaban J connectivity index is 1.70. The quantitative estimate of drug-likeness (QED) is 0.353. The lowest BCUT2D eigenvalue weighted by Gasteiger charge is -2.23. The van der Waals surface area contributed by atoms with Crippen LogP contribution in [0.4, 0.5) is 9.52 Å². The zero-order valence-corrected chi connectivity index (χ0v) is 19.2. The highest BCUT2D eigenvalue weighted by molar-refractivity contribution is 7.13. The van der Waals surface area contributed by atoms with Crippen LogP contribution in [0.2, 0.25) is 0 Å². The predicted molar refractivity (Wildman–Crippen MR) is 124 cm³/mol. The summed E-state index contributed by atoms with van der Waals surface area (Å²) in [4.78, 5) is 28.3. The van der Waals surface area contributed by atoms with Crippen LogP contribution in [0.3, 0.4) is 0 Å². The van der Waals surface area contributed by atoms with E-state index in [0.29, 0.717) is 28.8 Å². The molecule has 0 N–H and O–H groups in total. The van der Waals surface area contributed by atoms with Gasteiger partial charge in [-0.3, -0.25) is 14.5 Å². The van der Waals surface area contributed by atoms with E-state index in [1.54, 1.807) is 18.2 Å². The SMILES string of the molecule is CCCCOc1ccc(C2c3c(oc4ccc(F)cc4c3=O)C(=O)N2c2nncs2)cc1OC. The standard InChI is InChI=1S/C24H20FN3O5S/c1-3-4-9-32-17-7-5-13(10-18(17)31-2)20-19-21(29)15-11-14(25)6-8-16(15)33-22(19)23(30)28(20)24-27-26-12-34-24/h5-8,10-12,20H,3-4,9H2,1-2H3. The number of fused-ring (bicyclic) bond motifs is 2. The van der Waals surface area contributed by atoms with Crippen molar-refractivity contribution in [3.05, 3.63) is 74.8 Å². The zero-order valence-electron chi connectivity index (χ0n) is 18.4. The number of rotatable bonds is 7. The van der Waals surface area contributed by atoms with Gasteiger partial charge in [-0.05, 0) is 42.3 Å². The van der Waals surface area contributed by atoms with Gasteiger partial charge in [0.05, 0.1) is 30.7 Å². The number of hydrogen-bond donors (Lipinski definition) is 0. The van der Waals surface area contributed by atoms with Gasteiger partial charge in [0.25, 0.3) is 5.91 Å². The molecule has 0 saturated heterocycles. The minimum Gasteiger partial charge on any atom is -0.493 e. The van der Waals surface area contributed by atoms with Gasteiger partial charge in [-0.2, -0.15) is 0 Å². The molecular weight excluding hydrogens is 461 g/mol. The summed E-state index contributed by atoms with van der Waals surface area (Å²) >= 11 is 1.16. The van der Waals surface area contributed by atoms with Crippen molar-refractivity contribution in [2.24, 2.45) is 0 Å². The maximum atomic E-state index is 13.9. The van der Waals surface area contributed by atoms with Gasteiger partial charge in [0.1, 0.15) is 16.9 Å². The third-order valence-corrected chi connectivity index (χ3v) is 6.33. The van der Waals surface area contributed by atoms with Gasteiger partial charge < -0.3 is 13.9 Å². The Morgan fingerprint density at radius 2 is 2.03 bits per heavy atom. The molecule has 34 heavy (non-hydrogen) atoms. The number of nitrogens with zero attached hydrogens (tertiary/aromatic N) is 3. The number of carbonyl (C=O) groups excluding carboxylic acids is 1. The topological polar surface area (TPSA) is 94.8 Å². The highest BCUT2D eigenvalue weighted by atomic mass is 32.1. The van der Waals surface area contributed by atoms with Gasteiger partial charge in [-0.15, -0.1) is 10.2 Å². The van der Waals surface area contributed by atoms with E-state index >= 15 is 0 Å². The van der Waals surface area contributed by atoms with Crippen molar-refractivity contribution in [1.82, 2.24) is 10.2 Å². The van der Waals surface area contributed by atoms with E-state index in [9.17, 15) is 14.0 Å². The Labute approximate surface area is 197 Å². The number of anilines is 1. The molecule has 0 radical (unpaired) electrons. The minimum absolute atomic E-state index is 0.0575. The molecule has 10 heteroatoms. The number of unbranched alkanes of at least 4 members (excludes halogenated alkanes) is 1. The third kappa shape index (κ3) is 3.60. The highest BCUT2D eigenvalue weighted by Gasteiger charge is 2.45. The fourth-order valence-corrected chi connectivity index (χ4v) is 4.61. The summed E-state index contributed by atoms with van der Waals surface area (Å²) in [6.45, 7) is 2.61. The first-order chi connectivity index (χ1) is 16.5. The normalized spacial score (nSPS) is 15.1. The molecule has 1 aliphatic heterocycles. The van der Waals surface area contributed by atoms with Gasteiger partial charge in [-0.1, -0.05) is 30.7 Å². The minimum atomic E-state index is -0.863. The zero-order chi connectivity index (χ0) is 23.8. The van der Waals surface area contributed by atoms with Crippen LogP contribution in [-0.4, -0.2) is 29.8 Å². The van der Waals surface area contributed by atoms with Crippen molar-refractivity contribution in [3.63, 3.8) is 0 Å². The molecule has 5 rings (SSSR count). The highest BCUT2D eigenvalue weighted by Crippen LogP contribution is 2.43. The first-order valence-corrected chi connectivity index (χ1v) is 11.6. The summed E-state index contributed by atoms with van der Waals surface area (Å²) in [7, 11) is 1.52. The van der Waals surface area contributed by atoms with Crippen LogP contribution in [-0.2, 0) is 0 Å². The fourth-order valence-electron chi connectivity index (χ4n) is 4.03. The second kappa shape index (κ2) is 8.86. The lowest BCUT2D eigenvalue weighted by molar-refractivity contribution is 0.0970. The van der Waals surface area contributed by atoms with Gasteiger partial charge in [-0.25, -0.2) is 4.39 Å². The van der Waals surface area contributed by atoms with Gasteiger partial charge in [0.15, 0.2) is 16.9 Å². The maximum Gasteiger partial charge on any atom is 0.297 e. The number of amides is 1. The molecule has 2 aromatic carbocycles. The monoisotopic (exact) mass is 481 g/mol. The molecule has 0 spiro atoms. The Hall–Kier alpha value is -3.79. The number of ether oxygens (including phenoxy) is 2. The van der Waals surface area contributed by atoms with E-state index in [2.05, 4.69) is 17.1 Å². The molecule has 1 amide bonds. The van der Waals surface area contributed by atoms with E-state index in [1.165, 1.54) is 29.7 Å². The average Bonchev–Trinajstić information content (AvgIpc) is 3.46. The van der Waals surface area contributed by atoms with Crippen LogP contribution in [0.1, 0.15) is 47.5 Å². The smallest absolute Gasteiger partial charge is 0.297 e. The summed E-state index contributed by atoms with van der Waals surface area (Å²) in [6.07, 6.45) is 1.88. The first-order valence-electron chi connectivity index (χ1n) is 10.7. The number of benzene rings is 2. The first kappa shape index (κ1) is 22.0. The van der Waals surface area contributed by atoms with Crippen molar-refractivity contribution in [2.45, 2.75) is 25.8 Å². The molecule has 0 aliphatic carbocycles. The summed E-state index contributed by atoms with van der Waals surface area (Å²) < 4.78 is 31.1. The molecule has 0 bridgehead atoms. The fraction of sp³-hybridized carbons (Fsp3) is 0.250. The predicted octanol–water partition coefficient (Wildman–Crippen LogP) is 4.72. The van der Waals surface area contributed by atoms with Gasteiger partial charge in [0.2, 0.25) is 10.9 Å². The lowest BCUT2D eigenvalue weighted by atomic mass is 9.98. The third-order valence-electron chi connectivity index (χ3n) is 5.65. The molecule has 1 unspecified atom stereocenters. The summed E-state index contributed by atoms with van der Waals surface area (Å²) in [6, 6.07) is 8.00. The van der Waals surface area contributed by atoms with Crippen molar-refractivity contribution < 1.29 is 23.1 Å². The van der Waals surface area contributed by atoms with E-state index < -0.39 is 23.2 Å². The number of methoxy groups -OCH3 is 1. The van der Waals surface area contributed by atoms with E-state index in [-0.39, 0.29) is 22.3 Å². The number of hydrogen-bond acceptors (Lipinski definition) is 8. The molecule has 1 atom stereocenters. The molecule has 0 saturated carbocycles. The molecule has 174 valence electrons. The molecular formula is C24H20FN3O5S. The van der Waals surface area contributed by atoms with Crippen LogP contribution in [0.25, 0.3) is 11.0 Å². The number of halogens is 1. The second-order valence-corrected chi connectivity index (χ2v) is 8.54. The maximum absolute atomic E-state index is 13.9. The van der Waals surface area contributed by atoms with Crippen LogP contribution in [0.5, 0.6) is 11.5 Å². The lowest BCUT2D eigenvalue weighted by Crippen LogP contribution is -2.29. The van der Waals surface area contributed by atoms with E-state index in [0.717, 1.165) is 30.2 Å². The molecule has 8 nitrogen and oxygen atoms in total. The van der Waals surface area contributed by atoms with Crippen LogP contribution in [0.15, 0.2) is 51.1 Å². The number of aromatic nitrogens is 2. The molecule has 4 aromatic rings. The Morgan fingerprint density at radius 3 is 2.76 bits per heavy atom. The van der Waals surface area contributed by atoms with Crippen molar-refractivity contribution in [1.29, 1.82) is 0 Å².